The molecular weight excluding hydrogens is 386 g/mol. The normalized spacial score (nSPS) is 21.2. The van der Waals surface area contributed by atoms with Crippen LogP contribution in [0.1, 0.15) is 49.1 Å². The van der Waals surface area contributed by atoms with E-state index in [4.69, 9.17) is 5.73 Å². The lowest BCUT2D eigenvalue weighted by Gasteiger charge is -2.39. The first kappa shape index (κ1) is 19.8. The number of aromatic nitrogens is 5. The maximum Gasteiger partial charge on any atom is 0.273 e. The zero-order chi connectivity index (χ0) is 21.3. The third kappa shape index (κ3) is 4.09. The Bertz CT molecular complexity index is 969. The summed E-state index contributed by atoms with van der Waals surface area (Å²) in [6.45, 7) is 6.20. The third-order valence-corrected chi connectivity index (χ3v) is 5.45. The second-order valence-corrected chi connectivity index (χ2v) is 7.63. The van der Waals surface area contributed by atoms with E-state index < -0.39 is 5.91 Å². The van der Waals surface area contributed by atoms with Crippen molar-refractivity contribution in [3.8, 4) is 0 Å². The summed E-state index contributed by atoms with van der Waals surface area (Å²) in [4.78, 5) is 30.1. The van der Waals surface area contributed by atoms with E-state index in [9.17, 15) is 9.59 Å². The number of nitrogens with one attached hydrogen (secondary N) is 2. The summed E-state index contributed by atoms with van der Waals surface area (Å²) in [6.07, 6.45) is 8.73. The number of carbonyl (C=O) groups excluding carboxylic acids is 2. The fourth-order valence-corrected chi connectivity index (χ4v) is 3.63. The monoisotopic (exact) mass is 411 g/mol. The summed E-state index contributed by atoms with van der Waals surface area (Å²) in [6, 6.07) is 0.304. The molecular formula is C19H25N9O2. The van der Waals surface area contributed by atoms with Gasteiger partial charge in [-0.25, -0.2) is 0 Å². The van der Waals surface area contributed by atoms with Crippen LogP contribution in [0.25, 0.3) is 0 Å². The van der Waals surface area contributed by atoms with Gasteiger partial charge in [-0.3, -0.25) is 14.3 Å². The van der Waals surface area contributed by atoms with Crippen LogP contribution in [0.3, 0.4) is 0 Å². The molecule has 2 amide bonds. The molecule has 1 saturated heterocycles. The van der Waals surface area contributed by atoms with Crippen LogP contribution < -0.4 is 21.3 Å². The standard InChI is InChI=1S/C19H25N9O2/c1-3-15(29)23-14-5-4-8-27(11(14)2)19-24-18(16(17(20)30)25-26-19)22-12-9-21-28(10-12)13-6-7-13/h3,9-11,13-14H,1,4-8H2,2H3,(H2,20,30)(H,23,29)(H,22,24,26)/t11-,14-/m1/s1. The highest BCUT2D eigenvalue weighted by atomic mass is 16.2. The van der Waals surface area contributed by atoms with Crippen molar-refractivity contribution in [1.29, 1.82) is 0 Å². The Morgan fingerprint density at radius 2 is 2.10 bits per heavy atom. The van der Waals surface area contributed by atoms with Gasteiger partial charge in [-0.05, 0) is 38.7 Å². The topological polar surface area (TPSA) is 144 Å². The number of piperidine rings is 1. The van der Waals surface area contributed by atoms with Gasteiger partial charge in [0.05, 0.1) is 17.9 Å². The lowest BCUT2D eigenvalue weighted by atomic mass is 9.97. The van der Waals surface area contributed by atoms with Crippen LogP contribution >= 0.6 is 0 Å². The first-order valence-electron chi connectivity index (χ1n) is 10.0. The highest BCUT2D eigenvalue weighted by molar-refractivity contribution is 5.96. The lowest BCUT2D eigenvalue weighted by molar-refractivity contribution is -0.117. The predicted octanol–water partition coefficient (Wildman–Crippen LogP) is 0.905. The van der Waals surface area contributed by atoms with E-state index in [1.807, 2.05) is 22.7 Å². The van der Waals surface area contributed by atoms with Crippen LogP contribution in [-0.4, -0.2) is 55.4 Å². The molecule has 11 nitrogen and oxygen atoms in total. The third-order valence-electron chi connectivity index (χ3n) is 5.45. The molecule has 3 heterocycles. The van der Waals surface area contributed by atoms with Crippen LogP contribution in [0.2, 0.25) is 0 Å². The summed E-state index contributed by atoms with van der Waals surface area (Å²) in [5, 5.41) is 18.5. The summed E-state index contributed by atoms with van der Waals surface area (Å²) in [5.41, 5.74) is 6.12. The number of carbonyl (C=O) groups is 2. The molecule has 1 aliphatic heterocycles. The van der Waals surface area contributed by atoms with Crippen LogP contribution in [0, 0.1) is 0 Å². The average Bonchev–Trinajstić information content (AvgIpc) is 3.48. The quantitative estimate of drug-likeness (QED) is 0.570. The Morgan fingerprint density at radius 3 is 2.80 bits per heavy atom. The molecule has 4 N–H and O–H groups in total. The average molecular weight is 411 g/mol. The molecule has 0 bridgehead atoms. The number of anilines is 3. The van der Waals surface area contributed by atoms with Gasteiger partial charge in [-0.1, -0.05) is 6.58 Å². The summed E-state index contributed by atoms with van der Waals surface area (Å²) >= 11 is 0. The largest absolute Gasteiger partial charge is 0.364 e. The Morgan fingerprint density at radius 1 is 1.30 bits per heavy atom. The fourth-order valence-electron chi connectivity index (χ4n) is 3.63. The Hall–Kier alpha value is -3.50. The van der Waals surface area contributed by atoms with Gasteiger partial charge in [0.25, 0.3) is 5.91 Å². The molecule has 0 unspecified atom stereocenters. The molecule has 11 heteroatoms. The molecule has 0 radical (unpaired) electrons. The number of primary amides is 1. The fraction of sp³-hybridized carbons (Fsp3) is 0.474. The zero-order valence-corrected chi connectivity index (χ0v) is 16.8. The van der Waals surface area contributed by atoms with Gasteiger partial charge < -0.3 is 21.3 Å². The van der Waals surface area contributed by atoms with Gasteiger partial charge >= 0.3 is 0 Å². The molecule has 2 aromatic rings. The number of rotatable bonds is 7. The van der Waals surface area contributed by atoms with Crippen LogP contribution in [0.5, 0.6) is 0 Å². The van der Waals surface area contributed by atoms with Crippen molar-refractivity contribution < 1.29 is 9.59 Å². The molecule has 2 aromatic heterocycles. The minimum Gasteiger partial charge on any atom is -0.364 e. The second-order valence-electron chi connectivity index (χ2n) is 7.63. The molecule has 0 aromatic carbocycles. The predicted molar refractivity (Wildman–Crippen MR) is 110 cm³/mol. The molecule has 1 saturated carbocycles. The van der Waals surface area contributed by atoms with Crippen molar-refractivity contribution in [3.63, 3.8) is 0 Å². The summed E-state index contributed by atoms with van der Waals surface area (Å²) < 4.78 is 1.89. The first-order valence-corrected chi connectivity index (χ1v) is 10.0. The van der Waals surface area contributed by atoms with E-state index in [-0.39, 0.29) is 29.5 Å². The van der Waals surface area contributed by atoms with E-state index in [1.54, 1.807) is 6.20 Å². The maximum absolute atomic E-state index is 11.8. The SMILES string of the molecule is C=CC(=O)N[C@@H]1CCCN(c2nnc(C(N)=O)c(Nc3cnn(C4CC4)c3)n2)[C@@H]1C. The van der Waals surface area contributed by atoms with E-state index in [0.717, 1.165) is 25.7 Å². The van der Waals surface area contributed by atoms with Gasteiger partial charge in [0, 0.05) is 24.8 Å². The number of hydrogen-bond acceptors (Lipinski definition) is 8. The minimum absolute atomic E-state index is 0.0425. The smallest absolute Gasteiger partial charge is 0.273 e. The van der Waals surface area contributed by atoms with E-state index in [2.05, 4.69) is 37.5 Å². The summed E-state index contributed by atoms with van der Waals surface area (Å²) in [5.74, 6) is -0.345. The molecule has 2 aliphatic rings. The van der Waals surface area contributed by atoms with Crippen molar-refractivity contribution in [3.05, 3.63) is 30.7 Å². The molecule has 2 atom stereocenters. The Balaban J connectivity index is 1.58. The molecule has 2 fully saturated rings. The number of amides is 2. The lowest BCUT2D eigenvalue weighted by Crippen LogP contribution is -2.54. The van der Waals surface area contributed by atoms with Gasteiger partial charge in [-0.2, -0.15) is 10.1 Å². The van der Waals surface area contributed by atoms with Crippen LogP contribution in [0.4, 0.5) is 17.5 Å². The number of nitrogens with two attached hydrogens (primary N) is 1. The zero-order valence-electron chi connectivity index (χ0n) is 16.8. The Kier molecular flexibility index (Phi) is 5.34. The van der Waals surface area contributed by atoms with Gasteiger partial charge in [-0.15, -0.1) is 10.2 Å². The second kappa shape index (κ2) is 8.09. The van der Waals surface area contributed by atoms with E-state index in [0.29, 0.717) is 24.2 Å². The van der Waals surface area contributed by atoms with Crippen molar-refractivity contribution in [2.24, 2.45) is 5.73 Å². The molecule has 0 spiro atoms. The van der Waals surface area contributed by atoms with E-state index >= 15 is 0 Å². The van der Waals surface area contributed by atoms with Gasteiger partial charge in [0.2, 0.25) is 11.9 Å². The molecule has 4 rings (SSSR count). The molecule has 158 valence electrons. The van der Waals surface area contributed by atoms with Crippen LogP contribution in [0.15, 0.2) is 25.0 Å². The summed E-state index contributed by atoms with van der Waals surface area (Å²) in [7, 11) is 0. The maximum atomic E-state index is 11.8. The Labute approximate surface area is 173 Å². The minimum atomic E-state index is -0.721. The number of hydrogen-bond donors (Lipinski definition) is 3. The molecule has 30 heavy (non-hydrogen) atoms. The highest BCUT2D eigenvalue weighted by Gasteiger charge is 2.31. The first-order chi connectivity index (χ1) is 14.5. The van der Waals surface area contributed by atoms with Gasteiger partial charge in [0.15, 0.2) is 11.5 Å². The van der Waals surface area contributed by atoms with Crippen molar-refractivity contribution in [1.82, 2.24) is 30.3 Å². The van der Waals surface area contributed by atoms with Crippen molar-refractivity contribution >= 4 is 29.3 Å². The van der Waals surface area contributed by atoms with Crippen molar-refractivity contribution in [2.45, 2.75) is 50.7 Å². The van der Waals surface area contributed by atoms with Gasteiger partial charge in [0.1, 0.15) is 0 Å². The molecule has 1 aliphatic carbocycles. The van der Waals surface area contributed by atoms with E-state index in [1.165, 1.54) is 6.08 Å². The van der Waals surface area contributed by atoms with Crippen LogP contribution in [-0.2, 0) is 4.79 Å². The number of nitrogens with zero attached hydrogens (tertiary/aromatic N) is 6. The highest BCUT2D eigenvalue weighted by Crippen LogP contribution is 2.35. The van der Waals surface area contributed by atoms with Crippen molar-refractivity contribution in [2.75, 3.05) is 16.8 Å².